The molecule has 0 fully saturated rings. The number of para-hydroxylation sites is 2. The molecule has 2 N–H and O–H groups in total. The molecule has 1 aromatic carbocycles. The number of hydrogen-bond donors (Lipinski definition) is 2. The van der Waals surface area contributed by atoms with Crippen molar-refractivity contribution in [2.45, 2.75) is 25.2 Å². The van der Waals surface area contributed by atoms with Crippen LogP contribution in [0.5, 0.6) is 0 Å². The molecule has 0 radical (unpaired) electrons. The first-order chi connectivity index (χ1) is 9.56. The van der Waals surface area contributed by atoms with Crippen LogP contribution < -0.4 is 5.32 Å². The van der Waals surface area contributed by atoms with Gasteiger partial charge in [0, 0.05) is 6.54 Å². The Morgan fingerprint density at radius 1 is 1.45 bits per heavy atom. The summed E-state index contributed by atoms with van der Waals surface area (Å²) in [6, 6.07) is 7.47. The Bertz CT molecular complexity index is 550. The monoisotopic (exact) mass is 294 g/mol. The molecule has 1 unspecified atom stereocenters. The van der Waals surface area contributed by atoms with Gasteiger partial charge in [-0.3, -0.25) is 4.79 Å². The van der Waals surface area contributed by atoms with E-state index >= 15 is 0 Å². The summed E-state index contributed by atoms with van der Waals surface area (Å²) in [7, 11) is 0. The third-order valence-corrected chi connectivity index (χ3v) is 3.71. The molecule has 1 heterocycles. The molecule has 108 valence electrons. The molecule has 20 heavy (non-hydrogen) atoms. The topological polar surface area (TPSA) is 75.4 Å². The van der Waals surface area contributed by atoms with Gasteiger partial charge in [0.05, 0.1) is 11.9 Å². The number of fused-ring (bicyclic) bond motifs is 1. The molecule has 1 amide bonds. The number of carbonyl (C=O) groups excluding carboxylic acids is 1. The van der Waals surface area contributed by atoms with Gasteiger partial charge in [0.1, 0.15) is 5.52 Å². The van der Waals surface area contributed by atoms with E-state index in [-0.39, 0.29) is 24.1 Å². The van der Waals surface area contributed by atoms with Crippen LogP contribution in [0, 0.1) is 5.92 Å². The Labute approximate surface area is 121 Å². The highest BCUT2D eigenvalue weighted by Crippen LogP contribution is 2.22. The van der Waals surface area contributed by atoms with E-state index in [0.29, 0.717) is 10.8 Å². The standard InChI is InChI=1S/C14H18N2O3S/c1-9(2)11(17)7-15-13(18)8-20-14-16-10-5-3-4-6-12(10)19-14/h3-6,9,11,17H,7-8H2,1-2H3,(H,15,18). The zero-order valence-electron chi connectivity index (χ0n) is 11.5. The largest absolute Gasteiger partial charge is 0.431 e. The highest BCUT2D eigenvalue weighted by Gasteiger charge is 2.12. The highest BCUT2D eigenvalue weighted by molar-refractivity contribution is 7.99. The number of benzene rings is 1. The summed E-state index contributed by atoms with van der Waals surface area (Å²) in [5, 5.41) is 12.8. The minimum atomic E-state index is -0.520. The van der Waals surface area contributed by atoms with Crippen molar-refractivity contribution in [3.05, 3.63) is 24.3 Å². The number of aliphatic hydroxyl groups is 1. The summed E-state index contributed by atoms with van der Waals surface area (Å²) >= 11 is 1.24. The number of nitrogens with zero attached hydrogens (tertiary/aromatic N) is 1. The first-order valence-corrected chi connectivity index (χ1v) is 7.48. The summed E-state index contributed by atoms with van der Waals surface area (Å²) in [6.07, 6.45) is -0.520. The van der Waals surface area contributed by atoms with Crippen molar-refractivity contribution in [2.24, 2.45) is 5.92 Å². The van der Waals surface area contributed by atoms with E-state index in [2.05, 4.69) is 10.3 Å². The lowest BCUT2D eigenvalue weighted by molar-refractivity contribution is -0.119. The molecule has 0 aliphatic rings. The molecular weight excluding hydrogens is 276 g/mol. The van der Waals surface area contributed by atoms with Crippen molar-refractivity contribution in [3.63, 3.8) is 0 Å². The van der Waals surface area contributed by atoms with Gasteiger partial charge in [0.15, 0.2) is 5.58 Å². The van der Waals surface area contributed by atoms with Gasteiger partial charge >= 0.3 is 0 Å². The number of rotatable bonds is 6. The molecule has 5 nitrogen and oxygen atoms in total. The number of hydrogen-bond acceptors (Lipinski definition) is 5. The number of oxazole rings is 1. The zero-order chi connectivity index (χ0) is 14.5. The van der Waals surface area contributed by atoms with Gasteiger partial charge in [-0.1, -0.05) is 37.7 Å². The fourth-order valence-electron chi connectivity index (χ4n) is 1.55. The molecule has 6 heteroatoms. The Morgan fingerprint density at radius 3 is 2.90 bits per heavy atom. The van der Waals surface area contributed by atoms with Crippen LogP contribution in [0.1, 0.15) is 13.8 Å². The molecule has 0 bridgehead atoms. The van der Waals surface area contributed by atoms with Crippen molar-refractivity contribution in [1.29, 1.82) is 0 Å². The van der Waals surface area contributed by atoms with E-state index in [1.807, 2.05) is 38.1 Å². The Balaban J connectivity index is 1.81. The van der Waals surface area contributed by atoms with Crippen molar-refractivity contribution >= 4 is 28.8 Å². The highest BCUT2D eigenvalue weighted by atomic mass is 32.2. The maximum atomic E-state index is 11.6. The summed E-state index contributed by atoms with van der Waals surface area (Å²) in [5.41, 5.74) is 1.50. The fraction of sp³-hybridized carbons (Fsp3) is 0.429. The van der Waals surface area contributed by atoms with Crippen LogP contribution in [0.4, 0.5) is 0 Å². The second kappa shape index (κ2) is 6.76. The second-order valence-corrected chi connectivity index (χ2v) is 5.78. The van der Waals surface area contributed by atoms with E-state index in [0.717, 1.165) is 5.52 Å². The third-order valence-electron chi connectivity index (χ3n) is 2.88. The molecule has 0 spiro atoms. The lowest BCUT2D eigenvalue weighted by Gasteiger charge is -2.14. The van der Waals surface area contributed by atoms with Crippen molar-refractivity contribution < 1.29 is 14.3 Å². The molecule has 2 rings (SSSR count). The van der Waals surface area contributed by atoms with Crippen molar-refractivity contribution in [1.82, 2.24) is 10.3 Å². The quantitative estimate of drug-likeness (QED) is 0.798. The molecule has 2 aromatic rings. The minimum absolute atomic E-state index is 0.125. The van der Waals surface area contributed by atoms with Crippen LogP contribution in [-0.4, -0.2) is 34.4 Å². The van der Waals surface area contributed by atoms with Gasteiger partial charge in [-0.25, -0.2) is 4.98 Å². The average Bonchev–Trinajstić information content (AvgIpc) is 2.85. The zero-order valence-corrected chi connectivity index (χ0v) is 12.3. The summed E-state index contributed by atoms with van der Waals surface area (Å²) in [6.45, 7) is 4.08. The predicted molar refractivity (Wildman–Crippen MR) is 78.6 cm³/mol. The number of aliphatic hydroxyl groups excluding tert-OH is 1. The Morgan fingerprint density at radius 2 is 2.20 bits per heavy atom. The maximum Gasteiger partial charge on any atom is 0.257 e. The number of thioether (sulfide) groups is 1. The average molecular weight is 294 g/mol. The number of amides is 1. The normalized spacial score (nSPS) is 12.8. The lowest BCUT2D eigenvalue weighted by atomic mass is 10.1. The van der Waals surface area contributed by atoms with Gasteiger partial charge in [0.2, 0.25) is 5.91 Å². The number of aromatic nitrogens is 1. The third kappa shape index (κ3) is 3.98. The van der Waals surface area contributed by atoms with Gasteiger partial charge in [-0.2, -0.15) is 0 Å². The lowest BCUT2D eigenvalue weighted by Crippen LogP contribution is -2.35. The van der Waals surface area contributed by atoms with Gasteiger partial charge < -0.3 is 14.8 Å². The van der Waals surface area contributed by atoms with E-state index in [1.54, 1.807) is 0 Å². The van der Waals surface area contributed by atoms with Gasteiger partial charge in [-0.15, -0.1) is 0 Å². The molecule has 0 aliphatic carbocycles. The maximum absolute atomic E-state index is 11.6. The summed E-state index contributed by atoms with van der Waals surface area (Å²) < 4.78 is 5.50. The van der Waals surface area contributed by atoms with Crippen LogP contribution in [0.15, 0.2) is 33.9 Å². The molecular formula is C14H18N2O3S. The first kappa shape index (κ1) is 14.9. The van der Waals surface area contributed by atoms with Crippen LogP contribution in [0.3, 0.4) is 0 Å². The predicted octanol–water partition coefficient (Wildman–Crippen LogP) is 2.05. The van der Waals surface area contributed by atoms with Crippen LogP contribution in [0.2, 0.25) is 0 Å². The fourth-order valence-corrected chi connectivity index (χ4v) is 2.21. The first-order valence-electron chi connectivity index (χ1n) is 6.49. The number of carbonyl (C=O) groups is 1. The summed E-state index contributed by atoms with van der Waals surface area (Å²) in [5.74, 6) is 0.203. The van der Waals surface area contributed by atoms with E-state index in [9.17, 15) is 9.90 Å². The van der Waals surface area contributed by atoms with Gasteiger partial charge in [0.25, 0.3) is 5.22 Å². The summed E-state index contributed by atoms with van der Waals surface area (Å²) in [4.78, 5) is 15.9. The Hall–Kier alpha value is -1.53. The van der Waals surface area contributed by atoms with Crippen LogP contribution in [-0.2, 0) is 4.79 Å². The molecule has 0 aliphatic heterocycles. The molecule has 1 atom stereocenters. The molecule has 0 saturated carbocycles. The van der Waals surface area contributed by atoms with E-state index in [1.165, 1.54) is 11.8 Å². The molecule has 0 saturated heterocycles. The number of nitrogens with one attached hydrogen (secondary N) is 1. The second-order valence-electron chi connectivity index (χ2n) is 4.85. The van der Waals surface area contributed by atoms with Crippen LogP contribution >= 0.6 is 11.8 Å². The van der Waals surface area contributed by atoms with Crippen molar-refractivity contribution in [3.8, 4) is 0 Å². The minimum Gasteiger partial charge on any atom is -0.431 e. The SMILES string of the molecule is CC(C)C(O)CNC(=O)CSc1nc2ccccc2o1. The van der Waals surface area contributed by atoms with Crippen molar-refractivity contribution in [2.75, 3.05) is 12.3 Å². The van der Waals surface area contributed by atoms with Gasteiger partial charge in [-0.05, 0) is 18.1 Å². The van der Waals surface area contributed by atoms with Crippen LogP contribution in [0.25, 0.3) is 11.1 Å². The molecule has 1 aromatic heterocycles. The van der Waals surface area contributed by atoms with E-state index in [4.69, 9.17) is 4.42 Å². The Kier molecular flexibility index (Phi) is 5.03. The smallest absolute Gasteiger partial charge is 0.257 e. The van der Waals surface area contributed by atoms with E-state index < -0.39 is 6.10 Å².